The first-order valence-corrected chi connectivity index (χ1v) is 8.55. The second-order valence-corrected chi connectivity index (χ2v) is 6.36. The molecule has 0 radical (unpaired) electrons. The summed E-state index contributed by atoms with van der Waals surface area (Å²) in [7, 11) is 3.35. The highest BCUT2D eigenvalue weighted by atomic mass is 16.5. The fourth-order valence-corrected chi connectivity index (χ4v) is 3.57. The van der Waals surface area contributed by atoms with Crippen LogP contribution in [0.15, 0.2) is 24.3 Å². The van der Waals surface area contributed by atoms with Crippen molar-refractivity contribution < 1.29 is 14.3 Å². The van der Waals surface area contributed by atoms with Crippen LogP contribution < -0.4 is 4.74 Å². The van der Waals surface area contributed by atoms with E-state index in [9.17, 15) is 4.79 Å². The van der Waals surface area contributed by atoms with Gasteiger partial charge in [-0.2, -0.15) is 0 Å². The molecule has 23 heavy (non-hydrogen) atoms. The van der Waals surface area contributed by atoms with E-state index in [1.807, 2.05) is 17.0 Å². The number of hydrogen-bond acceptors (Lipinski definition) is 3. The fourth-order valence-electron chi connectivity index (χ4n) is 3.57. The van der Waals surface area contributed by atoms with Crippen molar-refractivity contribution in [3.05, 3.63) is 29.8 Å². The Morgan fingerprint density at radius 2 is 1.87 bits per heavy atom. The minimum atomic E-state index is -0.301. The number of ether oxygens (including phenoxy) is 2. The molecule has 0 spiro atoms. The number of nitrogens with zero attached hydrogens (tertiary/aromatic N) is 1. The van der Waals surface area contributed by atoms with Crippen molar-refractivity contribution in [1.82, 2.24) is 4.90 Å². The lowest BCUT2D eigenvalue weighted by Crippen LogP contribution is -2.51. The zero-order valence-corrected chi connectivity index (χ0v) is 14.8. The van der Waals surface area contributed by atoms with Crippen LogP contribution in [0.3, 0.4) is 0 Å². The average Bonchev–Trinajstić information content (AvgIpc) is 2.55. The summed E-state index contributed by atoms with van der Waals surface area (Å²) in [6, 6.07) is 8.15. The Hall–Kier alpha value is -1.55. The van der Waals surface area contributed by atoms with Gasteiger partial charge in [-0.05, 0) is 43.9 Å². The lowest BCUT2D eigenvalue weighted by molar-refractivity contribution is -0.154. The van der Waals surface area contributed by atoms with E-state index in [2.05, 4.69) is 26.0 Å². The van der Waals surface area contributed by atoms with Gasteiger partial charge in [0.15, 0.2) is 0 Å². The Morgan fingerprint density at radius 3 is 2.26 bits per heavy atom. The van der Waals surface area contributed by atoms with E-state index in [1.54, 1.807) is 14.2 Å². The average molecular weight is 319 g/mol. The highest BCUT2D eigenvalue weighted by Gasteiger charge is 2.47. The standard InChI is InChI=1S/C19H29NO3/c1-5-17(15-8-10-16(23-4)11-9-15)20(6-2)18(21)19(14-22-3)12-7-13-19/h8-11,17H,5-7,12-14H2,1-4H3/t17-/m1/s1. The topological polar surface area (TPSA) is 38.8 Å². The summed E-state index contributed by atoms with van der Waals surface area (Å²) in [5.41, 5.74) is 0.861. The molecule has 0 aromatic heterocycles. The van der Waals surface area contributed by atoms with Gasteiger partial charge in [-0.1, -0.05) is 25.5 Å². The second kappa shape index (κ2) is 7.82. The van der Waals surface area contributed by atoms with E-state index in [1.165, 1.54) is 0 Å². The number of methoxy groups -OCH3 is 2. The van der Waals surface area contributed by atoms with Crippen molar-refractivity contribution >= 4 is 5.91 Å². The molecule has 128 valence electrons. The molecule has 1 fully saturated rings. The van der Waals surface area contributed by atoms with E-state index in [4.69, 9.17) is 9.47 Å². The lowest BCUT2D eigenvalue weighted by atomic mass is 9.68. The van der Waals surface area contributed by atoms with Crippen LogP contribution in [0.25, 0.3) is 0 Å². The number of carbonyl (C=O) groups is 1. The van der Waals surface area contributed by atoms with Gasteiger partial charge in [-0.25, -0.2) is 0 Å². The van der Waals surface area contributed by atoms with Crippen LogP contribution in [-0.2, 0) is 9.53 Å². The Kier molecular flexibility index (Phi) is 6.05. The summed E-state index contributed by atoms with van der Waals surface area (Å²) in [5, 5.41) is 0. The highest BCUT2D eigenvalue weighted by molar-refractivity contribution is 5.84. The van der Waals surface area contributed by atoms with E-state index < -0.39 is 0 Å². The molecule has 1 atom stereocenters. The minimum absolute atomic E-state index is 0.104. The Balaban J connectivity index is 2.23. The van der Waals surface area contributed by atoms with Crippen LogP contribution in [0.2, 0.25) is 0 Å². The summed E-state index contributed by atoms with van der Waals surface area (Å²) in [4.78, 5) is 15.2. The van der Waals surface area contributed by atoms with Crippen molar-refractivity contribution in [1.29, 1.82) is 0 Å². The van der Waals surface area contributed by atoms with Crippen molar-refractivity contribution in [3.8, 4) is 5.75 Å². The molecular formula is C19H29NO3. The number of amides is 1. The third kappa shape index (κ3) is 3.52. The molecule has 4 nitrogen and oxygen atoms in total. The van der Waals surface area contributed by atoms with E-state index in [-0.39, 0.29) is 17.4 Å². The van der Waals surface area contributed by atoms with Gasteiger partial charge in [0.1, 0.15) is 5.75 Å². The van der Waals surface area contributed by atoms with Crippen LogP contribution in [0, 0.1) is 5.41 Å². The Morgan fingerprint density at radius 1 is 1.22 bits per heavy atom. The van der Waals surface area contributed by atoms with E-state index in [0.717, 1.165) is 43.5 Å². The zero-order valence-electron chi connectivity index (χ0n) is 14.8. The van der Waals surface area contributed by atoms with Crippen molar-refractivity contribution in [3.63, 3.8) is 0 Å². The smallest absolute Gasteiger partial charge is 0.231 e. The van der Waals surface area contributed by atoms with E-state index >= 15 is 0 Å². The van der Waals surface area contributed by atoms with Crippen LogP contribution >= 0.6 is 0 Å². The number of hydrogen-bond donors (Lipinski definition) is 0. The molecule has 1 aliphatic carbocycles. The Labute approximate surface area is 139 Å². The molecule has 2 rings (SSSR count). The summed E-state index contributed by atoms with van der Waals surface area (Å²) >= 11 is 0. The fraction of sp³-hybridized carbons (Fsp3) is 0.632. The van der Waals surface area contributed by atoms with Gasteiger partial charge in [-0.3, -0.25) is 4.79 Å². The van der Waals surface area contributed by atoms with Crippen molar-refractivity contribution in [2.24, 2.45) is 5.41 Å². The van der Waals surface area contributed by atoms with Gasteiger partial charge < -0.3 is 14.4 Å². The van der Waals surface area contributed by atoms with Crippen molar-refractivity contribution in [2.45, 2.75) is 45.6 Å². The van der Waals surface area contributed by atoms with Crippen LogP contribution in [-0.4, -0.2) is 38.2 Å². The summed E-state index contributed by atoms with van der Waals surface area (Å²) in [6.45, 7) is 5.44. The number of rotatable bonds is 8. The molecule has 0 N–H and O–H groups in total. The second-order valence-electron chi connectivity index (χ2n) is 6.36. The SMILES string of the molecule is CC[C@H](c1ccc(OC)cc1)N(CC)C(=O)C1(COC)CCC1. The number of carbonyl (C=O) groups excluding carboxylic acids is 1. The molecule has 4 heteroatoms. The monoisotopic (exact) mass is 319 g/mol. The van der Waals surface area contributed by atoms with Gasteiger partial charge in [-0.15, -0.1) is 0 Å². The van der Waals surface area contributed by atoms with Gasteiger partial charge in [0.25, 0.3) is 0 Å². The number of benzene rings is 1. The van der Waals surface area contributed by atoms with Gasteiger partial charge in [0.05, 0.1) is 25.2 Å². The van der Waals surface area contributed by atoms with Gasteiger partial charge >= 0.3 is 0 Å². The lowest BCUT2D eigenvalue weighted by Gasteiger charge is -2.45. The van der Waals surface area contributed by atoms with Gasteiger partial charge in [0.2, 0.25) is 5.91 Å². The first kappa shape index (κ1) is 17.8. The molecule has 1 saturated carbocycles. The molecule has 1 amide bonds. The predicted molar refractivity (Wildman–Crippen MR) is 91.6 cm³/mol. The van der Waals surface area contributed by atoms with E-state index in [0.29, 0.717) is 6.61 Å². The first-order valence-electron chi connectivity index (χ1n) is 8.55. The predicted octanol–water partition coefficient (Wildman–Crippen LogP) is 3.81. The maximum Gasteiger partial charge on any atom is 0.231 e. The molecule has 0 bridgehead atoms. The van der Waals surface area contributed by atoms with Crippen LogP contribution in [0.4, 0.5) is 0 Å². The summed E-state index contributed by atoms with van der Waals surface area (Å²) in [6.07, 6.45) is 3.89. The summed E-state index contributed by atoms with van der Waals surface area (Å²) < 4.78 is 10.6. The minimum Gasteiger partial charge on any atom is -0.497 e. The molecular weight excluding hydrogens is 290 g/mol. The van der Waals surface area contributed by atoms with Crippen LogP contribution in [0.5, 0.6) is 5.75 Å². The van der Waals surface area contributed by atoms with Crippen LogP contribution in [0.1, 0.15) is 51.1 Å². The zero-order chi connectivity index (χ0) is 16.9. The van der Waals surface area contributed by atoms with Gasteiger partial charge in [0, 0.05) is 13.7 Å². The summed E-state index contributed by atoms with van der Waals surface area (Å²) in [5.74, 6) is 1.09. The third-order valence-corrected chi connectivity index (χ3v) is 5.05. The normalized spacial score (nSPS) is 17.2. The molecule has 1 aromatic rings. The molecule has 1 aliphatic rings. The molecule has 0 saturated heterocycles. The quantitative estimate of drug-likeness (QED) is 0.731. The maximum atomic E-state index is 13.2. The molecule has 0 aliphatic heterocycles. The molecule has 0 unspecified atom stereocenters. The Bertz CT molecular complexity index is 508. The molecule has 1 aromatic carbocycles. The largest absolute Gasteiger partial charge is 0.497 e. The maximum absolute atomic E-state index is 13.2. The molecule has 0 heterocycles. The first-order chi connectivity index (χ1) is 11.1. The van der Waals surface area contributed by atoms with Crippen molar-refractivity contribution in [2.75, 3.05) is 27.4 Å². The highest BCUT2D eigenvalue weighted by Crippen LogP contribution is 2.44. The third-order valence-electron chi connectivity index (χ3n) is 5.05.